The van der Waals surface area contributed by atoms with Crippen molar-refractivity contribution in [2.45, 2.75) is 39.0 Å². The molecule has 8 heteroatoms. The normalized spacial score (nSPS) is 15.7. The lowest BCUT2D eigenvalue weighted by molar-refractivity contribution is -0.0222. The molecule has 0 radical (unpaired) electrons. The molecule has 0 saturated carbocycles. The molecule has 6 nitrogen and oxygen atoms in total. The van der Waals surface area contributed by atoms with Crippen LogP contribution in [0.25, 0.3) is 10.9 Å². The van der Waals surface area contributed by atoms with Crippen LogP contribution in [0.3, 0.4) is 0 Å². The molecule has 2 aromatic rings. The van der Waals surface area contributed by atoms with E-state index in [1.807, 2.05) is 0 Å². The van der Waals surface area contributed by atoms with E-state index in [-0.39, 0.29) is 25.9 Å². The van der Waals surface area contributed by atoms with Gasteiger partial charge in [0.05, 0.1) is 19.7 Å². The Balaban J connectivity index is 0.000000817. The van der Waals surface area contributed by atoms with Gasteiger partial charge in [-0.05, 0) is 6.07 Å². The molecule has 3 rings (SSSR count). The molecule has 0 atom stereocenters. The third-order valence-corrected chi connectivity index (χ3v) is 4.20. The first kappa shape index (κ1) is 20.9. The maximum absolute atomic E-state index is 13.4. The summed E-state index contributed by atoms with van der Waals surface area (Å²) in [7, 11) is 4.87. The SMILES string of the molecule is CCC.CNc1nc(N2CCC(F)(F)CC2)nc2cc(OC)c(OC)cc12. The highest BCUT2D eigenvalue weighted by Gasteiger charge is 2.35. The number of anilines is 2. The quantitative estimate of drug-likeness (QED) is 0.849. The highest BCUT2D eigenvalue weighted by Crippen LogP contribution is 2.36. The van der Waals surface area contributed by atoms with Crippen LogP contribution in [0.1, 0.15) is 33.1 Å². The van der Waals surface area contributed by atoms with Crippen molar-refractivity contribution < 1.29 is 18.3 Å². The largest absolute Gasteiger partial charge is 0.493 e. The third kappa shape index (κ3) is 4.87. The van der Waals surface area contributed by atoms with E-state index in [1.165, 1.54) is 6.42 Å². The number of benzene rings is 1. The summed E-state index contributed by atoms with van der Waals surface area (Å²) < 4.78 is 37.4. The first-order valence-electron chi connectivity index (χ1n) is 9.13. The molecule has 150 valence electrons. The lowest BCUT2D eigenvalue weighted by atomic mass is 10.1. The van der Waals surface area contributed by atoms with Gasteiger partial charge in [0.1, 0.15) is 5.82 Å². The summed E-state index contributed by atoms with van der Waals surface area (Å²) in [6.45, 7) is 4.71. The number of methoxy groups -OCH3 is 2. The molecule has 0 bridgehead atoms. The minimum Gasteiger partial charge on any atom is -0.493 e. The van der Waals surface area contributed by atoms with Crippen LogP contribution >= 0.6 is 0 Å². The van der Waals surface area contributed by atoms with Crippen LogP contribution in [0.5, 0.6) is 11.5 Å². The van der Waals surface area contributed by atoms with E-state index < -0.39 is 5.92 Å². The molecule has 1 aromatic carbocycles. The lowest BCUT2D eigenvalue weighted by Gasteiger charge is -2.32. The van der Waals surface area contributed by atoms with Crippen molar-refractivity contribution in [2.24, 2.45) is 0 Å². The second-order valence-electron chi connectivity index (χ2n) is 6.40. The monoisotopic (exact) mass is 382 g/mol. The molecular formula is C19H28F2N4O2. The smallest absolute Gasteiger partial charge is 0.251 e. The Hall–Kier alpha value is -2.38. The number of nitrogens with one attached hydrogen (secondary N) is 1. The summed E-state index contributed by atoms with van der Waals surface area (Å²) in [5, 5.41) is 3.81. The number of hydrogen-bond acceptors (Lipinski definition) is 6. The van der Waals surface area contributed by atoms with Crippen molar-refractivity contribution in [3.63, 3.8) is 0 Å². The Morgan fingerprint density at radius 2 is 1.63 bits per heavy atom. The number of ether oxygens (including phenoxy) is 2. The summed E-state index contributed by atoms with van der Waals surface area (Å²) in [6.07, 6.45) is 0.879. The van der Waals surface area contributed by atoms with Crippen molar-refractivity contribution in [1.82, 2.24) is 9.97 Å². The van der Waals surface area contributed by atoms with Crippen molar-refractivity contribution in [2.75, 3.05) is 44.6 Å². The average Bonchev–Trinajstić information content (AvgIpc) is 2.66. The molecule has 1 aliphatic rings. The van der Waals surface area contributed by atoms with Gasteiger partial charge < -0.3 is 19.7 Å². The number of fused-ring (bicyclic) bond motifs is 1. The van der Waals surface area contributed by atoms with E-state index in [0.29, 0.717) is 28.8 Å². The van der Waals surface area contributed by atoms with Gasteiger partial charge in [-0.15, -0.1) is 0 Å². The molecule has 1 fully saturated rings. The van der Waals surface area contributed by atoms with Gasteiger partial charge in [0.2, 0.25) is 5.95 Å². The van der Waals surface area contributed by atoms with E-state index in [0.717, 1.165) is 5.39 Å². The van der Waals surface area contributed by atoms with Crippen LogP contribution < -0.4 is 19.7 Å². The number of halogens is 2. The first-order chi connectivity index (χ1) is 12.9. The minimum absolute atomic E-state index is 0.185. The fourth-order valence-corrected chi connectivity index (χ4v) is 2.81. The first-order valence-corrected chi connectivity index (χ1v) is 9.13. The Bertz CT molecular complexity index is 761. The summed E-state index contributed by atoms with van der Waals surface area (Å²) in [4.78, 5) is 10.8. The molecule has 0 amide bonds. The van der Waals surface area contributed by atoms with Crippen LogP contribution in [-0.4, -0.2) is 50.2 Å². The predicted molar refractivity (Wildman–Crippen MR) is 105 cm³/mol. The number of piperidine rings is 1. The summed E-state index contributed by atoms with van der Waals surface area (Å²) in [5.74, 6) is -0.407. The number of nitrogens with zero attached hydrogens (tertiary/aromatic N) is 3. The van der Waals surface area contributed by atoms with Crippen molar-refractivity contribution >= 4 is 22.7 Å². The summed E-state index contributed by atoms with van der Waals surface area (Å²) in [5.41, 5.74) is 0.666. The number of hydrogen-bond donors (Lipinski definition) is 1. The zero-order valence-electron chi connectivity index (χ0n) is 16.6. The maximum atomic E-state index is 13.4. The summed E-state index contributed by atoms with van der Waals surface area (Å²) >= 11 is 0. The van der Waals surface area contributed by atoms with Crippen LogP contribution in [0.2, 0.25) is 0 Å². The topological polar surface area (TPSA) is 59.5 Å². The second-order valence-corrected chi connectivity index (χ2v) is 6.40. The van der Waals surface area contributed by atoms with Gasteiger partial charge in [0.15, 0.2) is 11.5 Å². The minimum atomic E-state index is -2.60. The summed E-state index contributed by atoms with van der Waals surface area (Å²) in [6, 6.07) is 3.56. The zero-order valence-corrected chi connectivity index (χ0v) is 16.6. The fraction of sp³-hybridized carbons (Fsp3) is 0.579. The molecule has 1 N–H and O–H groups in total. The van der Waals surface area contributed by atoms with E-state index in [2.05, 4.69) is 29.1 Å². The number of rotatable bonds is 4. The van der Waals surface area contributed by atoms with E-state index in [1.54, 1.807) is 38.3 Å². The molecule has 1 aliphatic heterocycles. The van der Waals surface area contributed by atoms with Gasteiger partial charge in [-0.25, -0.2) is 13.8 Å². The van der Waals surface area contributed by atoms with E-state index in [9.17, 15) is 8.78 Å². The predicted octanol–water partition coefficient (Wildman–Crippen LogP) is 4.34. The van der Waals surface area contributed by atoms with Crippen LogP contribution in [0, 0.1) is 0 Å². The van der Waals surface area contributed by atoms with Crippen molar-refractivity contribution in [1.29, 1.82) is 0 Å². The van der Waals surface area contributed by atoms with Gasteiger partial charge in [-0.3, -0.25) is 0 Å². The van der Waals surface area contributed by atoms with Gasteiger partial charge in [0.25, 0.3) is 5.92 Å². The van der Waals surface area contributed by atoms with Crippen molar-refractivity contribution in [3.8, 4) is 11.5 Å². The molecule has 1 saturated heterocycles. The molecule has 0 spiro atoms. The van der Waals surface area contributed by atoms with Gasteiger partial charge in [0, 0.05) is 44.4 Å². The molecule has 2 heterocycles. The second kappa shape index (κ2) is 9.01. The van der Waals surface area contributed by atoms with Crippen LogP contribution in [-0.2, 0) is 0 Å². The van der Waals surface area contributed by atoms with Crippen LogP contribution in [0.15, 0.2) is 12.1 Å². The van der Waals surface area contributed by atoms with E-state index >= 15 is 0 Å². The highest BCUT2D eigenvalue weighted by molar-refractivity contribution is 5.92. The van der Waals surface area contributed by atoms with Gasteiger partial charge in [-0.2, -0.15) is 4.98 Å². The number of aromatic nitrogens is 2. The van der Waals surface area contributed by atoms with Crippen molar-refractivity contribution in [3.05, 3.63) is 12.1 Å². The third-order valence-electron chi connectivity index (χ3n) is 4.20. The van der Waals surface area contributed by atoms with Gasteiger partial charge >= 0.3 is 0 Å². The van der Waals surface area contributed by atoms with Crippen LogP contribution in [0.4, 0.5) is 20.5 Å². The Kier molecular flexibility index (Phi) is 6.98. The molecule has 0 unspecified atom stereocenters. The molecular weight excluding hydrogens is 354 g/mol. The lowest BCUT2D eigenvalue weighted by Crippen LogP contribution is -2.40. The fourth-order valence-electron chi connectivity index (χ4n) is 2.81. The molecule has 1 aromatic heterocycles. The maximum Gasteiger partial charge on any atom is 0.251 e. The average molecular weight is 382 g/mol. The van der Waals surface area contributed by atoms with Gasteiger partial charge in [-0.1, -0.05) is 20.3 Å². The molecule has 27 heavy (non-hydrogen) atoms. The standard InChI is InChI=1S/C16H20F2N4O2.C3H8/c1-19-14-10-8-12(23-2)13(24-3)9-11(10)20-15(21-14)22-6-4-16(17,18)5-7-22;1-3-2/h8-9H,4-7H2,1-3H3,(H,19,20,21);3H2,1-2H3. The Morgan fingerprint density at radius 1 is 1.07 bits per heavy atom. The molecule has 0 aliphatic carbocycles. The number of alkyl halides is 2. The zero-order chi connectivity index (χ0) is 20.0. The van der Waals surface area contributed by atoms with E-state index in [4.69, 9.17) is 9.47 Å². The highest BCUT2D eigenvalue weighted by atomic mass is 19.3. The Labute approximate surface area is 158 Å². The Morgan fingerprint density at radius 3 is 2.15 bits per heavy atom.